The molecule has 0 N–H and O–H groups in total. The van der Waals surface area contributed by atoms with Crippen LogP contribution in [0.15, 0.2) is 12.1 Å². The molecule has 1 heterocycles. The van der Waals surface area contributed by atoms with Gasteiger partial charge in [0.15, 0.2) is 0 Å². The number of hydrogen-bond acceptors (Lipinski definition) is 4. The first-order valence-electron chi connectivity index (χ1n) is 5.65. The number of carbonyl (C=O) groups excluding carboxylic acids is 1. The van der Waals surface area contributed by atoms with Crippen molar-refractivity contribution in [1.29, 1.82) is 0 Å². The smallest absolute Gasteiger partial charge is 0.293 e. The van der Waals surface area contributed by atoms with Gasteiger partial charge in [0, 0.05) is 12.6 Å². The summed E-state index contributed by atoms with van der Waals surface area (Å²) >= 11 is 0. The van der Waals surface area contributed by atoms with E-state index in [1.54, 1.807) is 13.0 Å². The maximum absolute atomic E-state index is 11.8. The summed E-state index contributed by atoms with van der Waals surface area (Å²) in [5.74, 6) is -0.238. The number of nitro groups is 1. The monoisotopic (exact) mass is 250 g/mol. The second-order valence-corrected chi connectivity index (χ2v) is 4.23. The number of aryl methyl sites for hydroxylation is 1. The van der Waals surface area contributed by atoms with Crippen LogP contribution >= 0.6 is 0 Å². The van der Waals surface area contributed by atoms with Gasteiger partial charge in [-0.2, -0.15) is 0 Å². The van der Waals surface area contributed by atoms with Gasteiger partial charge in [-0.3, -0.25) is 14.9 Å². The Morgan fingerprint density at radius 1 is 1.39 bits per heavy atom. The average Bonchev–Trinajstić information content (AvgIpc) is 2.33. The summed E-state index contributed by atoms with van der Waals surface area (Å²) in [7, 11) is 0. The highest BCUT2D eigenvalue weighted by Gasteiger charge is 2.29. The molecule has 0 radical (unpaired) electrons. The van der Waals surface area contributed by atoms with Gasteiger partial charge in [0.2, 0.25) is 0 Å². The summed E-state index contributed by atoms with van der Waals surface area (Å²) in [4.78, 5) is 23.9. The lowest BCUT2D eigenvalue weighted by atomic mass is 10.0. The van der Waals surface area contributed by atoms with Gasteiger partial charge in [-0.15, -0.1) is 0 Å². The third-order valence-corrected chi connectivity index (χ3v) is 3.13. The van der Waals surface area contributed by atoms with Crippen molar-refractivity contribution in [2.45, 2.75) is 13.8 Å². The fourth-order valence-corrected chi connectivity index (χ4v) is 2.03. The number of anilines is 1. The van der Waals surface area contributed by atoms with Gasteiger partial charge >= 0.3 is 0 Å². The summed E-state index contributed by atoms with van der Waals surface area (Å²) in [6.45, 7) is 4.39. The summed E-state index contributed by atoms with van der Waals surface area (Å²) in [6, 6.07) is 3.14. The lowest BCUT2D eigenvalue weighted by molar-refractivity contribution is -0.384. The van der Waals surface area contributed by atoms with E-state index in [1.165, 1.54) is 11.0 Å². The molecule has 1 aromatic carbocycles. The zero-order chi connectivity index (χ0) is 13.3. The van der Waals surface area contributed by atoms with Crippen molar-refractivity contribution in [2.75, 3.05) is 24.7 Å². The number of hydrogen-bond donors (Lipinski definition) is 0. The van der Waals surface area contributed by atoms with E-state index in [1.807, 2.05) is 6.92 Å². The molecule has 1 aliphatic heterocycles. The van der Waals surface area contributed by atoms with Gasteiger partial charge in [-0.05, 0) is 25.0 Å². The summed E-state index contributed by atoms with van der Waals surface area (Å²) in [5.41, 5.74) is 2.05. The van der Waals surface area contributed by atoms with Gasteiger partial charge in [0.05, 0.1) is 11.5 Å². The van der Waals surface area contributed by atoms with Crippen molar-refractivity contribution in [2.24, 2.45) is 0 Å². The van der Waals surface area contributed by atoms with E-state index in [0.717, 1.165) is 11.1 Å². The molecule has 0 spiro atoms. The number of rotatable bonds is 2. The molecule has 96 valence electrons. The van der Waals surface area contributed by atoms with Crippen LogP contribution in [0.4, 0.5) is 11.4 Å². The minimum absolute atomic E-state index is 0.0233. The summed E-state index contributed by atoms with van der Waals surface area (Å²) in [6.07, 6.45) is 0. The zero-order valence-electron chi connectivity index (χ0n) is 10.3. The third kappa shape index (κ3) is 2.06. The lowest BCUT2D eigenvalue weighted by Crippen LogP contribution is -2.42. The van der Waals surface area contributed by atoms with E-state index < -0.39 is 4.92 Å². The van der Waals surface area contributed by atoms with Gasteiger partial charge in [-0.1, -0.05) is 6.07 Å². The molecular formula is C12H14N2O4. The lowest BCUT2D eigenvalue weighted by Gasteiger charge is -2.28. The van der Waals surface area contributed by atoms with Gasteiger partial charge in [0.1, 0.15) is 12.3 Å². The van der Waals surface area contributed by atoms with Gasteiger partial charge in [0.25, 0.3) is 11.6 Å². The van der Waals surface area contributed by atoms with Crippen LogP contribution in [0.25, 0.3) is 0 Å². The molecule has 1 amide bonds. The van der Waals surface area contributed by atoms with Crippen molar-refractivity contribution >= 4 is 17.3 Å². The Labute approximate surface area is 104 Å². The first kappa shape index (κ1) is 12.5. The molecule has 1 saturated heterocycles. The Morgan fingerprint density at radius 2 is 2.11 bits per heavy atom. The van der Waals surface area contributed by atoms with Gasteiger partial charge in [-0.25, -0.2) is 0 Å². The molecule has 1 fully saturated rings. The first-order valence-corrected chi connectivity index (χ1v) is 5.65. The number of morpholine rings is 1. The molecule has 6 nitrogen and oxygen atoms in total. The third-order valence-electron chi connectivity index (χ3n) is 3.13. The van der Waals surface area contributed by atoms with Crippen LogP contribution in [0.1, 0.15) is 11.1 Å². The number of amides is 1. The molecule has 18 heavy (non-hydrogen) atoms. The predicted octanol–water partition coefficient (Wildman–Crippen LogP) is 1.57. The predicted molar refractivity (Wildman–Crippen MR) is 65.7 cm³/mol. The van der Waals surface area contributed by atoms with Crippen LogP contribution < -0.4 is 4.90 Å². The van der Waals surface area contributed by atoms with Crippen LogP contribution in [-0.4, -0.2) is 30.6 Å². The highest BCUT2D eigenvalue weighted by atomic mass is 16.6. The van der Waals surface area contributed by atoms with E-state index >= 15 is 0 Å². The standard InChI is InChI=1S/C12H14N2O4/c1-8-3-4-10(14(16)17)12(9(8)2)13-5-6-18-7-11(13)15/h3-4H,5-7H2,1-2H3. The molecule has 1 aliphatic rings. The Hall–Kier alpha value is -1.95. The van der Waals surface area contributed by atoms with Crippen LogP contribution in [-0.2, 0) is 9.53 Å². The van der Waals surface area contributed by atoms with Crippen LogP contribution in [0, 0.1) is 24.0 Å². The maximum atomic E-state index is 11.8. The summed E-state index contributed by atoms with van der Waals surface area (Å²) < 4.78 is 5.04. The van der Waals surface area contributed by atoms with E-state index in [-0.39, 0.29) is 18.2 Å². The highest BCUT2D eigenvalue weighted by molar-refractivity contribution is 5.98. The van der Waals surface area contributed by atoms with E-state index in [4.69, 9.17) is 4.74 Å². The molecule has 0 saturated carbocycles. The van der Waals surface area contributed by atoms with Crippen LogP contribution in [0.3, 0.4) is 0 Å². The molecular weight excluding hydrogens is 236 g/mol. The Balaban J connectivity index is 2.56. The maximum Gasteiger partial charge on any atom is 0.293 e. The van der Waals surface area contributed by atoms with Crippen molar-refractivity contribution in [3.63, 3.8) is 0 Å². The number of carbonyl (C=O) groups is 1. The number of ether oxygens (including phenoxy) is 1. The molecule has 0 aliphatic carbocycles. The van der Waals surface area contributed by atoms with Crippen molar-refractivity contribution in [3.8, 4) is 0 Å². The first-order chi connectivity index (χ1) is 8.52. The number of nitro benzene ring substituents is 1. The fourth-order valence-electron chi connectivity index (χ4n) is 2.03. The second kappa shape index (κ2) is 4.73. The second-order valence-electron chi connectivity index (χ2n) is 4.23. The quantitative estimate of drug-likeness (QED) is 0.590. The van der Waals surface area contributed by atoms with Crippen molar-refractivity contribution in [1.82, 2.24) is 0 Å². The Morgan fingerprint density at radius 3 is 2.72 bits per heavy atom. The Bertz CT molecular complexity index is 513. The minimum Gasteiger partial charge on any atom is -0.370 e. The zero-order valence-corrected chi connectivity index (χ0v) is 10.3. The molecule has 0 unspecified atom stereocenters. The Kier molecular flexibility index (Phi) is 3.29. The van der Waals surface area contributed by atoms with Crippen LogP contribution in [0.5, 0.6) is 0 Å². The van der Waals surface area contributed by atoms with Crippen LogP contribution in [0.2, 0.25) is 0 Å². The normalized spacial score (nSPS) is 15.9. The minimum atomic E-state index is -0.454. The SMILES string of the molecule is Cc1ccc([N+](=O)[O-])c(N2CCOCC2=O)c1C. The molecule has 2 rings (SSSR count). The van der Waals surface area contributed by atoms with Crippen molar-refractivity contribution < 1.29 is 14.5 Å². The molecule has 6 heteroatoms. The molecule has 0 bridgehead atoms. The van der Waals surface area contributed by atoms with E-state index in [0.29, 0.717) is 18.8 Å². The highest BCUT2D eigenvalue weighted by Crippen LogP contribution is 2.34. The number of benzene rings is 1. The number of nitrogens with zero attached hydrogens (tertiary/aromatic N) is 2. The van der Waals surface area contributed by atoms with E-state index in [9.17, 15) is 14.9 Å². The molecule has 0 atom stereocenters. The topological polar surface area (TPSA) is 72.7 Å². The largest absolute Gasteiger partial charge is 0.370 e. The average molecular weight is 250 g/mol. The van der Waals surface area contributed by atoms with Crippen molar-refractivity contribution in [3.05, 3.63) is 33.4 Å². The summed E-state index contributed by atoms with van der Waals surface area (Å²) in [5, 5.41) is 11.1. The van der Waals surface area contributed by atoms with E-state index in [2.05, 4.69) is 0 Å². The molecule has 1 aromatic rings. The fraction of sp³-hybridized carbons (Fsp3) is 0.417. The van der Waals surface area contributed by atoms with Gasteiger partial charge < -0.3 is 9.64 Å². The molecule has 0 aromatic heterocycles.